The van der Waals surface area contributed by atoms with E-state index in [1.54, 1.807) is 0 Å². The number of carbonyl (C=O) groups is 4. The lowest BCUT2D eigenvalue weighted by Gasteiger charge is -2.30. The van der Waals surface area contributed by atoms with E-state index in [9.17, 15) is 39.6 Å². The van der Waals surface area contributed by atoms with Crippen molar-refractivity contribution in [1.82, 2.24) is 0 Å². The van der Waals surface area contributed by atoms with Crippen LogP contribution < -0.4 is 0 Å². The summed E-state index contributed by atoms with van der Waals surface area (Å²) in [5, 5.41) is 36.8. The SMILES string of the molecule is CC(CC1CCCC1CC(C)(C(=O)O)C(=O)O)(C(=O)O)C(=O)O. The molecule has 0 aromatic carbocycles. The molecule has 0 radical (unpaired) electrons. The molecule has 1 aliphatic carbocycles. The van der Waals surface area contributed by atoms with Crippen molar-refractivity contribution in [1.29, 1.82) is 0 Å². The Bertz CT molecular complexity index is 450. The summed E-state index contributed by atoms with van der Waals surface area (Å²) in [4.78, 5) is 45.2. The number of hydrogen-bond acceptors (Lipinski definition) is 4. The molecule has 130 valence electrons. The highest BCUT2D eigenvalue weighted by molar-refractivity contribution is 5.98. The van der Waals surface area contributed by atoms with Gasteiger partial charge in [0.05, 0.1) is 0 Å². The Labute approximate surface area is 133 Å². The van der Waals surface area contributed by atoms with Crippen LogP contribution in [0.15, 0.2) is 0 Å². The smallest absolute Gasteiger partial charge is 0.320 e. The molecular weight excluding hydrogens is 308 g/mol. The van der Waals surface area contributed by atoms with E-state index in [2.05, 4.69) is 0 Å². The largest absolute Gasteiger partial charge is 0.480 e. The van der Waals surface area contributed by atoms with Crippen molar-refractivity contribution in [3.8, 4) is 0 Å². The van der Waals surface area contributed by atoms with Gasteiger partial charge in [-0.1, -0.05) is 19.3 Å². The zero-order chi connectivity index (χ0) is 18.0. The minimum absolute atomic E-state index is 0.141. The maximum Gasteiger partial charge on any atom is 0.320 e. The van der Waals surface area contributed by atoms with Gasteiger partial charge in [0.2, 0.25) is 0 Å². The molecule has 0 bridgehead atoms. The highest BCUT2D eigenvalue weighted by Gasteiger charge is 2.49. The highest BCUT2D eigenvalue weighted by atomic mass is 16.4. The summed E-state index contributed by atoms with van der Waals surface area (Å²) >= 11 is 0. The molecule has 0 amide bonds. The van der Waals surface area contributed by atoms with Crippen LogP contribution in [0, 0.1) is 22.7 Å². The van der Waals surface area contributed by atoms with Crippen molar-refractivity contribution in [3.63, 3.8) is 0 Å². The third kappa shape index (κ3) is 3.62. The van der Waals surface area contributed by atoms with Crippen molar-refractivity contribution in [2.24, 2.45) is 22.7 Å². The summed E-state index contributed by atoms with van der Waals surface area (Å²) < 4.78 is 0. The first-order valence-corrected chi connectivity index (χ1v) is 7.38. The fourth-order valence-electron chi connectivity index (χ4n) is 3.23. The molecule has 1 aliphatic rings. The average Bonchev–Trinajstić information content (AvgIpc) is 2.84. The molecule has 0 spiro atoms. The topological polar surface area (TPSA) is 149 Å². The Morgan fingerprint density at radius 3 is 1.22 bits per heavy atom. The molecule has 0 heterocycles. The number of aliphatic carboxylic acids is 4. The fourth-order valence-corrected chi connectivity index (χ4v) is 3.23. The summed E-state index contributed by atoms with van der Waals surface area (Å²) in [6.07, 6.45) is 1.54. The number of carboxylic acid groups (broad SMARTS) is 4. The van der Waals surface area contributed by atoms with Crippen LogP contribution in [-0.4, -0.2) is 44.3 Å². The van der Waals surface area contributed by atoms with Crippen LogP contribution in [-0.2, 0) is 19.2 Å². The number of carboxylic acids is 4. The van der Waals surface area contributed by atoms with E-state index in [0.717, 1.165) is 13.8 Å². The molecule has 0 aromatic rings. The Morgan fingerprint density at radius 2 is 1.00 bits per heavy atom. The quantitative estimate of drug-likeness (QED) is 0.489. The summed E-state index contributed by atoms with van der Waals surface area (Å²) in [5.41, 5.74) is -3.92. The molecule has 0 saturated heterocycles. The first-order chi connectivity index (χ1) is 10.4. The summed E-state index contributed by atoms with van der Waals surface area (Å²) in [6.45, 7) is 2.25. The van der Waals surface area contributed by atoms with E-state index >= 15 is 0 Å². The molecule has 4 N–H and O–H groups in total. The Balaban J connectivity index is 2.98. The minimum Gasteiger partial charge on any atom is -0.480 e. The van der Waals surface area contributed by atoms with Crippen LogP contribution >= 0.6 is 0 Å². The van der Waals surface area contributed by atoms with Crippen LogP contribution in [0.1, 0.15) is 46.0 Å². The first kappa shape index (κ1) is 18.9. The summed E-state index contributed by atoms with van der Waals surface area (Å²) in [5.74, 6) is -6.45. The normalized spacial score (nSPS) is 21.8. The van der Waals surface area contributed by atoms with Gasteiger partial charge >= 0.3 is 23.9 Å². The third-order valence-corrected chi connectivity index (χ3v) is 5.05. The lowest BCUT2D eigenvalue weighted by atomic mass is 9.72. The first-order valence-electron chi connectivity index (χ1n) is 7.38. The van der Waals surface area contributed by atoms with Gasteiger partial charge in [0.25, 0.3) is 0 Å². The monoisotopic (exact) mass is 330 g/mol. The molecule has 0 aromatic heterocycles. The molecule has 8 nitrogen and oxygen atoms in total. The summed E-state index contributed by atoms with van der Waals surface area (Å²) in [7, 11) is 0. The van der Waals surface area contributed by atoms with E-state index in [4.69, 9.17) is 0 Å². The number of rotatable bonds is 8. The van der Waals surface area contributed by atoms with Gasteiger partial charge in [0.15, 0.2) is 10.8 Å². The van der Waals surface area contributed by atoms with E-state index in [1.807, 2.05) is 0 Å². The minimum atomic E-state index is -1.96. The highest BCUT2D eigenvalue weighted by Crippen LogP contribution is 2.45. The van der Waals surface area contributed by atoms with Gasteiger partial charge in [-0.05, 0) is 38.5 Å². The second-order valence-electron chi connectivity index (χ2n) is 6.74. The summed E-state index contributed by atoms with van der Waals surface area (Å²) in [6, 6.07) is 0. The van der Waals surface area contributed by atoms with E-state index in [0.29, 0.717) is 19.3 Å². The Morgan fingerprint density at radius 1 is 0.739 bits per heavy atom. The van der Waals surface area contributed by atoms with Gasteiger partial charge < -0.3 is 20.4 Å². The third-order valence-electron chi connectivity index (χ3n) is 5.05. The molecule has 2 unspecified atom stereocenters. The second-order valence-corrected chi connectivity index (χ2v) is 6.74. The Hall–Kier alpha value is -2.12. The fraction of sp³-hybridized carbons (Fsp3) is 0.733. The maximum absolute atomic E-state index is 11.3. The molecular formula is C15H22O8. The predicted octanol–water partition coefficient (Wildman–Crippen LogP) is 1.53. The van der Waals surface area contributed by atoms with Gasteiger partial charge in [-0.15, -0.1) is 0 Å². The van der Waals surface area contributed by atoms with E-state index < -0.39 is 34.7 Å². The van der Waals surface area contributed by atoms with Crippen molar-refractivity contribution in [2.75, 3.05) is 0 Å². The van der Waals surface area contributed by atoms with Crippen LogP contribution in [0.3, 0.4) is 0 Å². The van der Waals surface area contributed by atoms with Gasteiger partial charge in [0.1, 0.15) is 0 Å². The lowest BCUT2D eigenvalue weighted by Crippen LogP contribution is -2.41. The van der Waals surface area contributed by atoms with Crippen LogP contribution in [0.5, 0.6) is 0 Å². The second kappa shape index (κ2) is 6.55. The van der Waals surface area contributed by atoms with E-state index in [1.165, 1.54) is 0 Å². The Kier molecular flexibility index (Phi) is 5.39. The molecule has 0 aliphatic heterocycles. The average molecular weight is 330 g/mol. The maximum atomic E-state index is 11.3. The van der Waals surface area contributed by atoms with Crippen LogP contribution in [0.2, 0.25) is 0 Å². The van der Waals surface area contributed by atoms with Crippen LogP contribution in [0.25, 0.3) is 0 Å². The molecule has 23 heavy (non-hydrogen) atoms. The van der Waals surface area contributed by atoms with Crippen molar-refractivity contribution < 1.29 is 39.6 Å². The van der Waals surface area contributed by atoms with Gasteiger partial charge in [-0.25, -0.2) is 0 Å². The van der Waals surface area contributed by atoms with Crippen molar-refractivity contribution >= 4 is 23.9 Å². The molecule has 1 rings (SSSR count). The zero-order valence-electron chi connectivity index (χ0n) is 13.1. The van der Waals surface area contributed by atoms with Crippen molar-refractivity contribution in [3.05, 3.63) is 0 Å². The molecule has 2 atom stereocenters. The van der Waals surface area contributed by atoms with Crippen LogP contribution in [0.4, 0.5) is 0 Å². The molecule has 1 fully saturated rings. The van der Waals surface area contributed by atoms with Gasteiger partial charge in [-0.3, -0.25) is 19.2 Å². The van der Waals surface area contributed by atoms with Crippen molar-refractivity contribution in [2.45, 2.75) is 46.0 Å². The number of hydrogen-bond donors (Lipinski definition) is 4. The predicted molar refractivity (Wildman–Crippen MR) is 76.8 cm³/mol. The standard InChI is InChI=1S/C15H22O8/c1-14(10(16)17,11(18)19)6-8-4-3-5-9(8)7-15(2,12(20)21)13(22)23/h8-9H,3-7H2,1-2H3,(H,16,17)(H,18,19)(H,20,21)(H,22,23). The van der Waals surface area contributed by atoms with Gasteiger partial charge in [-0.2, -0.15) is 0 Å². The molecule has 1 saturated carbocycles. The van der Waals surface area contributed by atoms with E-state index in [-0.39, 0.29) is 24.7 Å². The van der Waals surface area contributed by atoms with Gasteiger partial charge in [0, 0.05) is 0 Å². The zero-order valence-corrected chi connectivity index (χ0v) is 13.1. The lowest BCUT2D eigenvalue weighted by molar-refractivity contribution is -0.168. The molecule has 8 heteroatoms.